The number of carbonyl (C=O) groups excluding carboxylic acids is 3. The number of fused-ring (bicyclic) bond motifs is 1. The summed E-state index contributed by atoms with van der Waals surface area (Å²) in [5.41, 5.74) is 0.748. The number of carbonyl (C=O) groups is 4. The lowest BCUT2D eigenvalue weighted by atomic mass is 9.99. The summed E-state index contributed by atoms with van der Waals surface area (Å²) < 4.78 is 0. The van der Waals surface area contributed by atoms with Gasteiger partial charge in [-0.1, -0.05) is 12.1 Å². The Labute approximate surface area is 144 Å². The number of rotatable bonds is 4. The van der Waals surface area contributed by atoms with Crippen LogP contribution in [0.4, 0.5) is 4.79 Å². The number of amides is 4. The number of piperidine rings is 1. The van der Waals surface area contributed by atoms with Gasteiger partial charge in [-0.2, -0.15) is 0 Å². The second-order valence-electron chi connectivity index (χ2n) is 6.16. The zero-order valence-electron chi connectivity index (χ0n) is 13.6. The fraction of sp³-hybridized carbons (Fsp3) is 0.412. The Hall–Kier alpha value is -2.90. The van der Waals surface area contributed by atoms with Crippen molar-refractivity contribution in [2.45, 2.75) is 12.8 Å². The van der Waals surface area contributed by atoms with Crippen LogP contribution < -0.4 is 5.32 Å². The minimum Gasteiger partial charge on any atom is -0.481 e. The third-order valence-corrected chi connectivity index (χ3v) is 4.55. The normalized spacial score (nSPS) is 19.8. The Kier molecular flexibility index (Phi) is 4.69. The van der Waals surface area contributed by atoms with Crippen molar-refractivity contribution >= 4 is 23.8 Å². The molecule has 2 aliphatic rings. The van der Waals surface area contributed by atoms with Gasteiger partial charge in [-0.15, -0.1) is 0 Å². The number of urea groups is 1. The van der Waals surface area contributed by atoms with Crippen LogP contribution in [0.5, 0.6) is 0 Å². The monoisotopic (exact) mass is 345 g/mol. The molecular formula is C17H19N3O5. The highest BCUT2D eigenvalue weighted by Crippen LogP contribution is 2.22. The van der Waals surface area contributed by atoms with Crippen molar-refractivity contribution in [2.24, 2.45) is 5.92 Å². The zero-order valence-corrected chi connectivity index (χ0v) is 13.6. The molecule has 0 spiro atoms. The third-order valence-electron chi connectivity index (χ3n) is 4.55. The largest absolute Gasteiger partial charge is 0.481 e. The van der Waals surface area contributed by atoms with Gasteiger partial charge in [-0.25, -0.2) is 4.79 Å². The lowest BCUT2D eigenvalue weighted by Crippen LogP contribution is -2.48. The van der Waals surface area contributed by atoms with E-state index in [-0.39, 0.29) is 37.5 Å². The molecule has 25 heavy (non-hydrogen) atoms. The molecule has 0 aliphatic carbocycles. The molecule has 2 heterocycles. The van der Waals surface area contributed by atoms with E-state index in [1.807, 2.05) is 0 Å². The average molecular weight is 345 g/mol. The minimum absolute atomic E-state index is 0.0777. The zero-order chi connectivity index (χ0) is 18.0. The molecule has 1 aromatic carbocycles. The molecule has 2 aliphatic heterocycles. The van der Waals surface area contributed by atoms with Crippen molar-refractivity contribution in [3.8, 4) is 0 Å². The number of nitrogens with zero attached hydrogens (tertiary/aromatic N) is 2. The van der Waals surface area contributed by atoms with Gasteiger partial charge in [-0.05, 0) is 25.0 Å². The maximum atomic E-state index is 12.2. The summed E-state index contributed by atoms with van der Waals surface area (Å²) in [5.74, 6) is -2.17. The molecule has 0 aromatic heterocycles. The van der Waals surface area contributed by atoms with Crippen molar-refractivity contribution in [3.63, 3.8) is 0 Å². The van der Waals surface area contributed by atoms with E-state index in [1.54, 1.807) is 24.3 Å². The summed E-state index contributed by atoms with van der Waals surface area (Å²) in [6, 6.07) is 6.24. The second kappa shape index (κ2) is 6.92. The predicted molar refractivity (Wildman–Crippen MR) is 87.1 cm³/mol. The fourth-order valence-corrected chi connectivity index (χ4v) is 3.19. The molecule has 1 atom stereocenters. The highest BCUT2D eigenvalue weighted by atomic mass is 16.4. The van der Waals surface area contributed by atoms with Crippen LogP contribution in [-0.2, 0) is 4.79 Å². The van der Waals surface area contributed by atoms with Gasteiger partial charge in [0.2, 0.25) is 0 Å². The molecule has 1 aromatic rings. The van der Waals surface area contributed by atoms with E-state index in [0.29, 0.717) is 30.5 Å². The molecule has 1 fully saturated rings. The number of benzene rings is 1. The number of carboxylic acids is 1. The first-order chi connectivity index (χ1) is 12.0. The first kappa shape index (κ1) is 16.9. The smallest absolute Gasteiger partial charge is 0.317 e. The maximum absolute atomic E-state index is 12.2. The topological polar surface area (TPSA) is 107 Å². The van der Waals surface area contributed by atoms with Crippen molar-refractivity contribution in [1.29, 1.82) is 0 Å². The van der Waals surface area contributed by atoms with Crippen LogP contribution >= 0.6 is 0 Å². The highest BCUT2D eigenvalue weighted by Gasteiger charge is 2.35. The number of aliphatic carboxylic acids is 1. The molecule has 8 heteroatoms. The van der Waals surface area contributed by atoms with Crippen molar-refractivity contribution in [1.82, 2.24) is 15.1 Å². The Bertz CT molecular complexity index is 698. The van der Waals surface area contributed by atoms with Crippen LogP contribution in [0.2, 0.25) is 0 Å². The predicted octanol–water partition coefficient (Wildman–Crippen LogP) is 0.789. The first-order valence-corrected chi connectivity index (χ1v) is 8.20. The molecule has 4 amide bonds. The standard InChI is InChI=1S/C17H19N3O5/c21-14-12-5-1-2-6-13(12)15(22)20(14)9-7-18-17(25)19-8-3-4-11(10-19)16(23)24/h1-2,5-6,11H,3-4,7-10H2,(H,18,25)(H,23,24). The lowest BCUT2D eigenvalue weighted by Gasteiger charge is -2.30. The van der Waals surface area contributed by atoms with E-state index in [9.17, 15) is 19.2 Å². The van der Waals surface area contributed by atoms with E-state index in [0.717, 1.165) is 4.90 Å². The summed E-state index contributed by atoms with van der Waals surface area (Å²) in [6.07, 6.45) is 1.21. The van der Waals surface area contributed by atoms with Crippen molar-refractivity contribution in [2.75, 3.05) is 26.2 Å². The summed E-state index contributed by atoms with van der Waals surface area (Å²) in [6.45, 7) is 0.879. The minimum atomic E-state index is -0.900. The third kappa shape index (κ3) is 3.33. The van der Waals surface area contributed by atoms with E-state index in [4.69, 9.17) is 5.11 Å². The van der Waals surface area contributed by atoms with Gasteiger partial charge in [0, 0.05) is 26.2 Å². The number of imide groups is 1. The van der Waals surface area contributed by atoms with Crippen molar-refractivity contribution in [3.05, 3.63) is 35.4 Å². The first-order valence-electron chi connectivity index (χ1n) is 8.20. The Morgan fingerprint density at radius 1 is 1.16 bits per heavy atom. The van der Waals surface area contributed by atoms with Crippen molar-refractivity contribution < 1.29 is 24.3 Å². The SMILES string of the molecule is O=C(O)C1CCCN(C(=O)NCCN2C(=O)c3ccccc3C2=O)C1. The molecular weight excluding hydrogens is 326 g/mol. The number of hydrogen-bond donors (Lipinski definition) is 2. The number of carboxylic acid groups (broad SMARTS) is 1. The van der Waals surface area contributed by atoms with Crippen LogP contribution in [0.3, 0.4) is 0 Å². The van der Waals surface area contributed by atoms with E-state index in [2.05, 4.69) is 5.32 Å². The van der Waals surface area contributed by atoms with Gasteiger partial charge in [0.15, 0.2) is 0 Å². The van der Waals surface area contributed by atoms with Crippen LogP contribution in [0.1, 0.15) is 33.6 Å². The van der Waals surface area contributed by atoms with E-state index >= 15 is 0 Å². The molecule has 132 valence electrons. The second-order valence-corrected chi connectivity index (χ2v) is 6.16. The van der Waals surface area contributed by atoms with Gasteiger partial charge in [0.25, 0.3) is 11.8 Å². The summed E-state index contributed by atoms with van der Waals surface area (Å²) in [4.78, 5) is 50.2. The Balaban J connectivity index is 1.52. The molecule has 0 radical (unpaired) electrons. The van der Waals surface area contributed by atoms with Crippen LogP contribution in [0, 0.1) is 5.92 Å². The molecule has 8 nitrogen and oxygen atoms in total. The van der Waals surface area contributed by atoms with Gasteiger partial charge < -0.3 is 15.3 Å². The highest BCUT2D eigenvalue weighted by molar-refractivity contribution is 6.21. The van der Waals surface area contributed by atoms with Crippen LogP contribution in [0.25, 0.3) is 0 Å². The molecule has 1 saturated heterocycles. The summed E-state index contributed by atoms with van der Waals surface area (Å²) in [7, 11) is 0. The number of hydrogen-bond acceptors (Lipinski definition) is 4. The fourth-order valence-electron chi connectivity index (χ4n) is 3.19. The van der Waals surface area contributed by atoms with Crippen LogP contribution in [-0.4, -0.2) is 64.9 Å². The maximum Gasteiger partial charge on any atom is 0.317 e. The number of nitrogens with one attached hydrogen (secondary N) is 1. The van der Waals surface area contributed by atoms with Gasteiger partial charge in [-0.3, -0.25) is 19.3 Å². The quantitative estimate of drug-likeness (QED) is 0.785. The average Bonchev–Trinajstić information content (AvgIpc) is 2.87. The lowest BCUT2D eigenvalue weighted by molar-refractivity contribution is -0.143. The Morgan fingerprint density at radius 3 is 2.40 bits per heavy atom. The van der Waals surface area contributed by atoms with Gasteiger partial charge in [0.05, 0.1) is 17.0 Å². The number of likely N-dealkylation sites (tertiary alicyclic amines) is 1. The van der Waals surface area contributed by atoms with E-state index in [1.165, 1.54) is 4.90 Å². The van der Waals surface area contributed by atoms with Gasteiger partial charge >= 0.3 is 12.0 Å². The molecule has 3 rings (SSSR count). The Morgan fingerprint density at radius 2 is 1.80 bits per heavy atom. The molecule has 1 unspecified atom stereocenters. The summed E-state index contributed by atoms with van der Waals surface area (Å²) in [5, 5.41) is 11.7. The molecule has 2 N–H and O–H groups in total. The molecule has 0 saturated carbocycles. The summed E-state index contributed by atoms with van der Waals surface area (Å²) >= 11 is 0. The molecule has 0 bridgehead atoms. The van der Waals surface area contributed by atoms with Crippen LogP contribution in [0.15, 0.2) is 24.3 Å². The van der Waals surface area contributed by atoms with E-state index < -0.39 is 11.9 Å². The van der Waals surface area contributed by atoms with Gasteiger partial charge in [0.1, 0.15) is 0 Å².